The second-order valence-corrected chi connectivity index (χ2v) is 6.41. The molecule has 29 heavy (non-hydrogen) atoms. The lowest BCUT2D eigenvalue weighted by atomic mass is 9.86. The van der Waals surface area contributed by atoms with Gasteiger partial charge in [0.2, 0.25) is 5.60 Å². The van der Waals surface area contributed by atoms with Crippen molar-refractivity contribution in [3.8, 4) is 0 Å². The lowest BCUT2D eigenvalue weighted by Crippen LogP contribution is -2.39. The third-order valence-electron chi connectivity index (χ3n) is 4.63. The van der Waals surface area contributed by atoms with E-state index in [0.29, 0.717) is 22.0 Å². The van der Waals surface area contributed by atoms with Crippen molar-refractivity contribution in [2.24, 2.45) is 0 Å². The van der Waals surface area contributed by atoms with Gasteiger partial charge in [0.15, 0.2) is 6.73 Å². The summed E-state index contributed by atoms with van der Waals surface area (Å²) in [6, 6.07) is 23.7. The molecule has 1 heterocycles. The van der Waals surface area contributed by atoms with Gasteiger partial charge in [-0.1, -0.05) is 78.0 Å². The van der Waals surface area contributed by atoms with E-state index in [1.54, 1.807) is 84.9 Å². The molecule has 0 saturated carbocycles. The molecule has 0 atom stereocenters. The summed E-state index contributed by atoms with van der Waals surface area (Å²) in [5.41, 5.74) is -1.31. The van der Waals surface area contributed by atoms with Gasteiger partial charge in [0.25, 0.3) is 5.56 Å². The van der Waals surface area contributed by atoms with Crippen molar-refractivity contribution in [3.63, 3.8) is 0 Å². The predicted octanol–water partition coefficient (Wildman–Crippen LogP) is 2.23. The predicted molar refractivity (Wildman–Crippen MR) is 106 cm³/mol. The molecule has 4 aromatic rings. The maximum atomic E-state index is 13.0. The molecule has 0 bridgehead atoms. The number of carbonyl (C=O) groups excluding carboxylic acids is 1. The summed E-state index contributed by atoms with van der Waals surface area (Å²) in [5.74, 6) is -0.920. The number of carbonyl (C=O) groups is 1. The Labute approximate surface area is 165 Å². The number of hydrogen-bond donors (Lipinski definition) is 1. The zero-order chi connectivity index (χ0) is 20.3. The van der Waals surface area contributed by atoms with Gasteiger partial charge in [-0.05, 0) is 23.3 Å². The zero-order valence-corrected chi connectivity index (χ0v) is 15.3. The van der Waals surface area contributed by atoms with Crippen molar-refractivity contribution in [1.29, 1.82) is 0 Å². The molecule has 0 aliphatic carbocycles. The summed E-state index contributed by atoms with van der Waals surface area (Å²) in [4.78, 5) is 25.5. The van der Waals surface area contributed by atoms with Crippen molar-refractivity contribution in [1.82, 2.24) is 15.0 Å². The van der Waals surface area contributed by atoms with E-state index in [0.717, 1.165) is 4.68 Å². The Morgan fingerprint density at radius 1 is 0.897 bits per heavy atom. The van der Waals surface area contributed by atoms with Crippen molar-refractivity contribution in [2.75, 3.05) is 0 Å². The van der Waals surface area contributed by atoms with Gasteiger partial charge in [-0.25, -0.2) is 4.79 Å². The van der Waals surface area contributed by atoms with Gasteiger partial charge in [0.1, 0.15) is 5.52 Å². The SMILES string of the molecule is O=C(OCn1nnc2ccccc2c1=O)C(O)(c1ccccc1)c1ccccc1. The Balaban J connectivity index is 1.66. The topological polar surface area (TPSA) is 94.3 Å². The smallest absolute Gasteiger partial charge is 0.349 e. The van der Waals surface area contributed by atoms with Crippen LogP contribution in [0.15, 0.2) is 89.7 Å². The van der Waals surface area contributed by atoms with Gasteiger partial charge in [-0.3, -0.25) is 4.79 Å². The number of aliphatic hydroxyl groups is 1. The molecule has 0 unspecified atom stereocenters. The number of benzene rings is 3. The van der Waals surface area contributed by atoms with Crippen LogP contribution in [0.4, 0.5) is 0 Å². The third-order valence-corrected chi connectivity index (χ3v) is 4.63. The number of fused-ring (bicyclic) bond motifs is 1. The number of rotatable bonds is 5. The summed E-state index contributed by atoms with van der Waals surface area (Å²) in [5, 5.41) is 19.5. The molecule has 144 valence electrons. The van der Waals surface area contributed by atoms with Crippen LogP contribution < -0.4 is 5.56 Å². The van der Waals surface area contributed by atoms with Crippen molar-refractivity contribution >= 4 is 16.9 Å². The van der Waals surface area contributed by atoms with E-state index in [1.165, 1.54) is 0 Å². The quantitative estimate of drug-likeness (QED) is 0.528. The molecule has 0 spiro atoms. The molecule has 0 aliphatic rings. The average molecular weight is 387 g/mol. The lowest BCUT2D eigenvalue weighted by molar-refractivity contribution is -0.167. The van der Waals surface area contributed by atoms with Gasteiger partial charge in [-0.15, -0.1) is 5.10 Å². The summed E-state index contributed by atoms with van der Waals surface area (Å²) in [7, 11) is 0. The van der Waals surface area contributed by atoms with Crippen LogP contribution in [0, 0.1) is 0 Å². The van der Waals surface area contributed by atoms with E-state index in [1.807, 2.05) is 0 Å². The first-order chi connectivity index (χ1) is 14.1. The highest BCUT2D eigenvalue weighted by atomic mass is 16.6. The van der Waals surface area contributed by atoms with E-state index >= 15 is 0 Å². The van der Waals surface area contributed by atoms with E-state index in [-0.39, 0.29) is 0 Å². The van der Waals surface area contributed by atoms with E-state index in [9.17, 15) is 14.7 Å². The average Bonchev–Trinajstić information content (AvgIpc) is 2.79. The largest absolute Gasteiger partial charge is 0.439 e. The zero-order valence-electron chi connectivity index (χ0n) is 15.3. The Morgan fingerprint density at radius 2 is 1.45 bits per heavy atom. The molecule has 7 nitrogen and oxygen atoms in total. The van der Waals surface area contributed by atoms with E-state index in [2.05, 4.69) is 10.3 Å². The monoisotopic (exact) mass is 387 g/mol. The van der Waals surface area contributed by atoms with Gasteiger partial charge < -0.3 is 9.84 Å². The van der Waals surface area contributed by atoms with Crippen LogP contribution in [0.1, 0.15) is 11.1 Å². The van der Waals surface area contributed by atoms with Crippen LogP contribution in [-0.4, -0.2) is 26.1 Å². The minimum absolute atomic E-state index is 0.355. The van der Waals surface area contributed by atoms with Crippen molar-refractivity contribution < 1.29 is 14.6 Å². The summed E-state index contributed by atoms with van der Waals surface area (Å²) < 4.78 is 6.24. The molecule has 0 saturated heterocycles. The Morgan fingerprint density at radius 3 is 2.07 bits per heavy atom. The van der Waals surface area contributed by atoms with E-state index < -0.39 is 23.9 Å². The molecule has 3 aromatic carbocycles. The molecule has 1 aromatic heterocycles. The first kappa shape index (κ1) is 18.5. The Bertz CT molecular complexity index is 1170. The highest BCUT2D eigenvalue weighted by Gasteiger charge is 2.41. The fraction of sp³-hybridized carbons (Fsp3) is 0.0909. The number of hydrogen-bond acceptors (Lipinski definition) is 6. The fourth-order valence-electron chi connectivity index (χ4n) is 3.09. The second-order valence-electron chi connectivity index (χ2n) is 6.41. The summed E-state index contributed by atoms with van der Waals surface area (Å²) in [6.45, 7) is -0.475. The van der Waals surface area contributed by atoms with Gasteiger partial charge in [0, 0.05) is 0 Å². The van der Waals surface area contributed by atoms with E-state index in [4.69, 9.17) is 4.74 Å². The van der Waals surface area contributed by atoms with Crippen LogP contribution >= 0.6 is 0 Å². The highest BCUT2D eigenvalue weighted by Crippen LogP contribution is 2.31. The minimum Gasteiger partial charge on any atom is -0.439 e. The van der Waals surface area contributed by atoms with Crippen molar-refractivity contribution in [2.45, 2.75) is 12.3 Å². The number of esters is 1. The number of nitrogens with zero attached hydrogens (tertiary/aromatic N) is 3. The molecule has 0 fully saturated rings. The maximum Gasteiger partial charge on any atom is 0.349 e. The maximum absolute atomic E-state index is 13.0. The molecule has 0 radical (unpaired) electrons. The molecule has 7 heteroatoms. The Hall–Kier alpha value is -3.84. The molecule has 4 rings (SSSR count). The molecule has 0 amide bonds. The van der Waals surface area contributed by atoms with Crippen LogP contribution in [0.2, 0.25) is 0 Å². The first-order valence-electron chi connectivity index (χ1n) is 8.94. The molecule has 0 aliphatic heterocycles. The normalized spacial score (nSPS) is 11.3. The van der Waals surface area contributed by atoms with Crippen LogP contribution in [-0.2, 0) is 21.9 Å². The molecule has 1 N–H and O–H groups in total. The molecular weight excluding hydrogens is 370 g/mol. The summed E-state index contributed by atoms with van der Waals surface area (Å²) >= 11 is 0. The van der Waals surface area contributed by atoms with Gasteiger partial charge in [-0.2, -0.15) is 4.68 Å². The molecular formula is C22H17N3O4. The fourth-order valence-corrected chi connectivity index (χ4v) is 3.09. The van der Waals surface area contributed by atoms with Crippen LogP contribution in [0.25, 0.3) is 10.9 Å². The second kappa shape index (κ2) is 7.65. The summed E-state index contributed by atoms with van der Waals surface area (Å²) in [6.07, 6.45) is 0. The first-order valence-corrected chi connectivity index (χ1v) is 8.94. The minimum atomic E-state index is -2.03. The van der Waals surface area contributed by atoms with Gasteiger partial charge >= 0.3 is 5.97 Å². The van der Waals surface area contributed by atoms with Crippen LogP contribution in [0.3, 0.4) is 0 Å². The third kappa shape index (κ3) is 3.39. The van der Waals surface area contributed by atoms with Crippen LogP contribution in [0.5, 0.6) is 0 Å². The number of ether oxygens (including phenoxy) is 1. The van der Waals surface area contributed by atoms with Crippen molar-refractivity contribution in [3.05, 3.63) is 106 Å². The standard InChI is InChI=1S/C22H17N3O4/c26-20-18-13-7-8-14-19(18)23-24-25(20)15-29-21(27)22(28,16-9-3-1-4-10-16)17-11-5-2-6-12-17/h1-14,28H,15H2. The Kier molecular flexibility index (Phi) is 4.88. The highest BCUT2D eigenvalue weighted by molar-refractivity contribution is 5.85. The lowest BCUT2D eigenvalue weighted by Gasteiger charge is -2.27. The number of aromatic nitrogens is 3. The van der Waals surface area contributed by atoms with Gasteiger partial charge in [0.05, 0.1) is 5.39 Å².